The molecule has 2 aromatic carbocycles. The number of nitrogens with one attached hydrogen (secondary N) is 1. The van der Waals surface area contributed by atoms with E-state index in [1.165, 1.54) is 12.1 Å². The van der Waals surface area contributed by atoms with Crippen LogP contribution in [0.5, 0.6) is 11.5 Å². The van der Waals surface area contributed by atoms with Crippen molar-refractivity contribution in [3.8, 4) is 22.8 Å². The van der Waals surface area contributed by atoms with Crippen LogP contribution in [0.15, 0.2) is 59.5 Å². The Bertz CT molecular complexity index is 1370. The number of nitrogens with two attached hydrogens (primary N) is 1. The number of aromatic nitrogens is 3. The molecular formula is C23H19ClN4O4. The highest BCUT2D eigenvalue weighted by Crippen LogP contribution is 2.28. The Labute approximate surface area is 188 Å². The highest BCUT2D eigenvalue weighted by molar-refractivity contribution is 6.34. The first kappa shape index (κ1) is 21.3. The average Bonchev–Trinajstić information content (AvgIpc) is 2.78. The van der Waals surface area contributed by atoms with Gasteiger partial charge in [0.1, 0.15) is 11.5 Å². The largest absolute Gasteiger partial charge is 0.497 e. The Morgan fingerprint density at radius 2 is 2.00 bits per heavy atom. The Morgan fingerprint density at radius 3 is 2.75 bits per heavy atom. The zero-order chi connectivity index (χ0) is 22.7. The van der Waals surface area contributed by atoms with E-state index in [4.69, 9.17) is 26.8 Å². The van der Waals surface area contributed by atoms with Crippen LogP contribution < -0.4 is 20.8 Å². The summed E-state index contributed by atoms with van der Waals surface area (Å²) in [5, 5.41) is 7.67. The Kier molecular flexibility index (Phi) is 6.04. The first-order valence-electron chi connectivity index (χ1n) is 9.70. The van der Waals surface area contributed by atoms with Gasteiger partial charge >= 0.3 is 0 Å². The number of pyridine rings is 1. The number of carbonyl (C=O) groups is 1. The topological polar surface area (TPSA) is 120 Å². The molecule has 2 heterocycles. The number of hydrogen-bond donors (Lipinski definition) is 2. The molecule has 0 fully saturated rings. The highest BCUT2D eigenvalue weighted by atomic mass is 35.5. The number of H-pyrrole nitrogens is 1. The van der Waals surface area contributed by atoms with Crippen molar-refractivity contribution in [1.29, 1.82) is 0 Å². The lowest BCUT2D eigenvalue weighted by Gasteiger charge is -2.12. The van der Waals surface area contributed by atoms with Gasteiger partial charge in [-0.25, -0.2) is 5.10 Å². The van der Waals surface area contributed by atoms with Gasteiger partial charge < -0.3 is 15.2 Å². The summed E-state index contributed by atoms with van der Waals surface area (Å²) in [6.45, 7) is 0.302. The molecule has 4 rings (SSSR count). The normalized spacial score (nSPS) is 10.8. The summed E-state index contributed by atoms with van der Waals surface area (Å²) in [6, 6.07) is 13.6. The van der Waals surface area contributed by atoms with Gasteiger partial charge in [-0.3, -0.25) is 14.6 Å². The second-order valence-corrected chi connectivity index (χ2v) is 7.36. The molecule has 0 aliphatic heterocycles. The second-order valence-electron chi connectivity index (χ2n) is 6.96. The number of halogens is 1. The highest BCUT2D eigenvalue weighted by Gasteiger charge is 2.13. The Morgan fingerprint density at radius 1 is 1.16 bits per heavy atom. The van der Waals surface area contributed by atoms with Crippen molar-refractivity contribution in [2.24, 2.45) is 5.73 Å². The second kappa shape index (κ2) is 9.07. The molecule has 4 aromatic rings. The number of methoxy groups -OCH3 is 1. The number of ether oxygens (including phenoxy) is 2. The van der Waals surface area contributed by atoms with E-state index in [9.17, 15) is 9.59 Å². The molecule has 0 spiro atoms. The molecule has 0 bridgehead atoms. The van der Waals surface area contributed by atoms with E-state index in [0.29, 0.717) is 41.3 Å². The Hall–Kier alpha value is -3.91. The van der Waals surface area contributed by atoms with Crippen molar-refractivity contribution in [3.63, 3.8) is 0 Å². The predicted octanol–water partition coefficient (Wildman–Crippen LogP) is 3.37. The number of aromatic amines is 1. The maximum atomic E-state index is 11.9. The molecule has 1 amide bonds. The summed E-state index contributed by atoms with van der Waals surface area (Å²) in [5.41, 5.74) is 7.82. The summed E-state index contributed by atoms with van der Waals surface area (Å²) in [5.74, 6) is 0.764. The van der Waals surface area contributed by atoms with Gasteiger partial charge in [0, 0.05) is 35.7 Å². The molecular weight excluding hydrogens is 432 g/mol. The fraction of sp³-hybridized carbons (Fsp3) is 0.130. The minimum Gasteiger partial charge on any atom is -0.497 e. The third-order valence-corrected chi connectivity index (χ3v) is 5.25. The van der Waals surface area contributed by atoms with Crippen LogP contribution in [0.3, 0.4) is 0 Å². The Balaban J connectivity index is 1.58. The monoisotopic (exact) mass is 450 g/mol. The molecule has 0 unspecified atom stereocenters. The van der Waals surface area contributed by atoms with Gasteiger partial charge in [0.15, 0.2) is 0 Å². The lowest BCUT2D eigenvalue weighted by Crippen LogP contribution is -2.13. The van der Waals surface area contributed by atoms with Crippen molar-refractivity contribution in [3.05, 3.63) is 81.2 Å². The summed E-state index contributed by atoms with van der Waals surface area (Å²) < 4.78 is 11.2. The fourth-order valence-corrected chi connectivity index (χ4v) is 3.64. The lowest BCUT2D eigenvalue weighted by molar-refractivity contribution is 0.100. The van der Waals surface area contributed by atoms with Crippen LogP contribution in [-0.2, 0) is 6.42 Å². The number of rotatable bonds is 7. The first-order chi connectivity index (χ1) is 15.5. The van der Waals surface area contributed by atoms with E-state index in [0.717, 1.165) is 10.9 Å². The van der Waals surface area contributed by atoms with E-state index in [1.54, 1.807) is 31.5 Å². The molecule has 2 aromatic heterocycles. The predicted molar refractivity (Wildman–Crippen MR) is 121 cm³/mol. The average molecular weight is 451 g/mol. The summed E-state index contributed by atoms with van der Waals surface area (Å²) in [6.07, 6.45) is 2.08. The summed E-state index contributed by atoms with van der Waals surface area (Å²) in [7, 11) is 1.60. The molecule has 0 saturated carbocycles. The number of primary amides is 1. The molecule has 0 radical (unpaired) electrons. The number of nitrogens with zero attached hydrogens (tertiary/aromatic N) is 2. The maximum Gasteiger partial charge on any atom is 0.264 e. The van der Waals surface area contributed by atoms with Crippen LogP contribution in [-0.4, -0.2) is 34.8 Å². The quantitative estimate of drug-likeness (QED) is 0.445. The van der Waals surface area contributed by atoms with Crippen LogP contribution in [0, 0.1) is 0 Å². The van der Waals surface area contributed by atoms with Gasteiger partial charge in [-0.05, 0) is 35.9 Å². The molecule has 32 heavy (non-hydrogen) atoms. The minimum atomic E-state index is -0.619. The number of hydrogen-bond acceptors (Lipinski definition) is 6. The minimum absolute atomic E-state index is 0.212. The molecule has 0 atom stereocenters. The van der Waals surface area contributed by atoms with Crippen molar-refractivity contribution in [2.45, 2.75) is 6.42 Å². The van der Waals surface area contributed by atoms with Crippen LogP contribution in [0.2, 0.25) is 5.02 Å². The van der Waals surface area contributed by atoms with Gasteiger partial charge in [0.05, 0.1) is 35.5 Å². The molecule has 8 nitrogen and oxygen atoms in total. The van der Waals surface area contributed by atoms with Gasteiger partial charge in [-0.1, -0.05) is 17.7 Å². The van der Waals surface area contributed by atoms with Gasteiger partial charge in [-0.2, -0.15) is 5.10 Å². The molecule has 0 aliphatic carbocycles. The molecule has 162 valence electrons. The number of amides is 1. The molecule has 3 N–H and O–H groups in total. The lowest BCUT2D eigenvalue weighted by atomic mass is 10.0. The van der Waals surface area contributed by atoms with Crippen LogP contribution in [0.4, 0.5) is 0 Å². The van der Waals surface area contributed by atoms with Crippen molar-refractivity contribution in [1.82, 2.24) is 15.2 Å². The fourth-order valence-electron chi connectivity index (χ4n) is 3.37. The van der Waals surface area contributed by atoms with Gasteiger partial charge in [-0.15, -0.1) is 0 Å². The number of carbonyl (C=O) groups excluding carboxylic acids is 1. The van der Waals surface area contributed by atoms with Crippen molar-refractivity contribution in [2.75, 3.05) is 13.7 Å². The molecule has 0 aliphatic rings. The first-order valence-corrected chi connectivity index (χ1v) is 10.1. The van der Waals surface area contributed by atoms with Crippen molar-refractivity contribution < 1.29 is 14.3 Å². The molecule has 9 heteroatoms. The zero-order valence-electron chi connectivity index (χ0n) is 17.1. The van der Waals surface area contributed by atoms with Gasteiger partial charge in [0.2, 0.25) is 5.91 Å². The van der Waals surface area contributed by atoms with Crippen LogP contribution in [0.25, 0.3) is 22.2 Å². The van der Waals surface area contributed by atoms with E-state index in [2.05, 4.69) is 15.2 Å². The van der Waals surface area contributed by atoms with Crippen LogP contribution in [0.1, 0.15) is 15.9 Å². The smallest absolute Gasteiger partial charge is 0.264 e. The van der Waals surface area contributed by atoms with Gasteiger partial charge in [0.25, 0.3) is 5.56 Å². The summed E-state index contributed by atoms with van der Waals surface area (Å²) in [4.78, 5) is 27.7. The number of benzene rings is 2. The van der Waals surface area contributed by atoms with E-state index < -0.39 is 5.91 Å². The SMILES string of the molecule is COc1ccc2c(OCCc3cc(=O)[nH]nc3-c3ccc(C(N)=O)c(Cl)c3)ccnc2c1. The third-order valence-electron chi connectivity index (χ3n) is 4.93. The van der Waals surface area contributed by atoms with Crippen LogP contribution >= 0.6 is 11.6 Å². The summed E-state index contributed by atoms with van der Waals surface area (Å²) >= 11 is 6.18. The molecule has 0 saturated heterocycles. The third kappa shape index (κ3) is 4.40. The van der Waals surface area contributed by atoms with E-state index in [1.807, 2.05) is 18.2 Å². The number of fused-ring (bicyclic) bond motifs is 1. The standard InChI is InChI=1S/C23H19ClN4O4/c1-31-15-3-5-17-19(12-15)26-8-6-20(17)32-9-7-14-11-21(29)27-28-22(14)13-2-4-16(23(25)30)18(24)10-13/h2-6,8,10-12H,7,9H2,1H3,(H2,25,30)(H,27,29). The maximum absolute atomic E-state index is 11.9. The van der Waals surface area contributed by atoms with E-state index >= 15 is 0 Å². The van der Waals surface area contributed by atoms with Crippen molar-refractivity contribution >= 4 is 28.4 Å². The van der Waals surface area contributed by atoms with E-state index in [-0.39, 0.29) is 16.1 Å². The zero-order valence-corrected chi connectivity index (χ0v) is 17.8.